The van der Waals surface area contributed by atoms with Gasteiger partial charge in [0.05, 0.1) is 5.52 Å². The summed E-state index contributed by atoms with van der Waals surface area (Å²) in [5.41, 5.74) is 4.41. The fourth-order valence-corrected chi connectivity index (χ4v) is 3.81. The highest BCUT2D eigenvalue weighted by Gasteiger charge is 2.23. The van der Waals surface area contributed by atoms with Gasteiger partial charge in [-0.15, -0.1) is 0 Å². The van der Waals surface area contributed by atoms with Gasteiger partial charge in [-0.05, 0) is 43.4 Å². The van der Waals surface area contributed by atoms with Gasteiger partial charge in [0, 0.05) is 41.1 Å². The number of fused-ring (bicyclic) bond motifs is 3. The summed E-state index contributed by atoms with van der Waals surface area (Å²) >= 11 is 0. The number of aromatic nitrogens is 3. The maximum atomic E-state index is 12.2. The van der Waals surface area contributed by atoms with E-state index in [2.05, 4.69) is 23.3 Å². The smallest absolute Gasteiger partial charge is 0.162 e. The van der Waals surface area contributed by atoms with E-state index in [4.69, 9.17) is 9.97 Å². The van der Waals surface area contributed by atoms with Crippen LogP contribution in [0, 0.1) is 12.8 Å². The van der Waals surface area contributed by atoms with Crippen LogP contribution < -0.4 is 5.32 Å². The lowest BCUT2D eigenvalue weighted by atomic mass is 10.0. The van der Waals surface area contributed by atoms with Crippen LogP contribution in [0.15, 0.2) is 48.7 Å². The van der Waals surface area contributed by atoms with Crippen molar-refractivity contribution in [2.75, 3.05) is 5.32 Å². The SMILES string of the molecule is CCC(=O)c1ccc2c(c1)nc(Nc1ccccc1C)c1nc(CC3CC3)ncc12. The molecule has 1 aliphatic carbocycles. The first-order valence-electron chi connectivity index (χ1n) is 10.6. The summed E-state index contributed by atoms with van der Waals surface area (Å²) in [6.07, 6.45) is 5.83. The van der Waals surface area contributed by atoms with Crippen molar-refractivity contribution in [1.29, 1.82) is 0 Å². The van der Waals surface area contributed by atoms with E-state index in [1.54, 1.807) is 0 Å². The Hall–Kier alpha value is -3.34. The summed E-state index contributed by atoms with van der Waals surface area (Å²) < 4.78 is 0. The van der Waals surface area contributed by atoms with Crippen molar-refractivity contribution in [1.82, 2.24) is 15.0 Å². The largest absolute Gasteiger partial charge is 0.338 e. The van der Waals surface area contributed by atoms with Gasteiger partial charge >= 0.3 is 0 Å². The Morgan fingerprint density at radius 3 is 2.70 bits per heavy atom. The van der Waals surface area contributed by atoms with Crippen LogP contribution in [-0.4, -0.2) is 20.7 Å². The highest BCUT2D eigenvalue weighted by atomic mass is 16.1. The summed E-state index contributed by atoms with van der Waals surface area (Å²) in [5.74, 6) is 2.40. The Balaban J connectivity index is 1.70. The number of Topliss-reactive ketones (excluding diaryl/α,β-unsaturated/α-hetero) is 1. The molecular weight excluding hydrogens is 372 g/mol. The highest BCUT2D eigenvalue weighted by molar-refractivity contribution is 6.10. The number of rotatable bonds is 6. The van der Waals surface area contributed by atoms with Crippen LogP contribution in [0.3, 0.4) is 0 Å². The molecule has 5 rings (SSSR count). The second-order valence-corrected chi connectivity index (χ2v) is 8.11. The molecule has 0 spiro atoms. The third-order valence-corrected chi connectivity index (χ3v) is 5.79. The predicted molar refractivity (Wildman–Crippen MR) is 120 cm³/mol. The van der Waals surface area contributed by atoms with Crippen LogP contribution in [0.1, 0.15) is 47.9 Å². The van der Waals surface area contributed by atoms with Crippen molar-refractivity contribution >= 4 is 39.1 Å². The zero-order valence-corrected chi connectivity index (χ0v) is 17.3. The number of aryl methyl sites for hydroxylation is 1. The third-order valence-electron chi connectivity index (χ3n) is 5.79. The number of pyridine rings is 1. The summed E-state index contributed by atoms with van der Waals surface area (Å²) in [6, 6.07) is 13.8. The Bertz CT molecular complexity index is 1280. The first kappa shape index (κ1) is 18.7. The van der Waals surface area contributed by atoms with Gasteiger partial charge in [-0.3, -0.25) is 4.79 Å². The van der Waals surface area contributed by atoms with E-state index in [-0.39, 0.29) is 5.78 Å². The lowest BCUT2D eigenvalue weighted by Gasteiger charge is -2.14. The predicted octanol–water partition coefficient (Wildman–Crippen LogP) is 5.78. The Morgan fingerprint density at radius 1 is 1.10 bits per heavy atom. The fourth-order valence-electron chi connectivity index (χ4n) is 3.81. The number of ketones is 1. The normalized spacial score (nSPS) is 13.7. The molecule has 1 aliphatic rings. The summed E-state index contributed by atoms with van der Waals surface area (Å²) in [5, 5.41) is 5.39. The maximum Gasteiger partial charge on any atom is 0.162 e. The quantitative estimate of drug-likeness (QED) is 0.331. The number of hydrogen-bond acceptors (Lipinski definition) is 5. The highest BCUT2D eigenvalue weighted by Crippen LogP contribution is 2.34. The number of benzene rings is 2. The van der Waals surface area contributed by atoms with Crippen molar-refractivity contribution in [2.24, 2.45) is 5.92 Å². The number of carbonyl (C=O) groups is 1. The molecule has 0 atom stereocenters. The minimum absolute atomic E-state index is 0.114. The van der Waals surface area contributed by atoms with Gasteiger partial charge in [0.2, 0.25) is 0 Å². The van der Waals surface area contributed by atoms with E-state index in [9.17, 15) is 4.79 Å². The minimum atomic E-state index is 0.114. The fraction of sp³-hybridized carbons (Fsp3) is 0.280. The standard InChI is InChI=1S/C25H24N4O/c1-3-22(30)17-10-11-18-19-14-26-23(12-16-8-9-16)29-24(19)25(28-21(18)13-17)27-20-7-5-4-6-15(20)2/h4-7,10-11,13-14,16H,3,8-9,12H2,1-2H3,(H,27,28). The van der Waals surface area contributed by atoms with Crippen LogP contribution >= 0.6 is 0 Å². The van der Waals surface area contributed by atoms with Crippen molar-refractivity contribution < 1.29 is 4.79 Å². The van der Waals surface area contributed by atoms with E-state index >= 15 is 0 Å². The van der Waals surface area contributed by atoms with Gasteiger partial charge in [0.25, 0.3) is 0 Å². The second kappa shape index (κ2) is 7.48. The molecule has 1 N–H and O–H groups in total. The zero-order valence-electron chi connectivity index (χ0n) is 17.3. The molecule has 1 fully saturated rings. The Kier molecular flexibility index (Phi) is 4.66. The molecule has 4 aromatic rings. The lowest BCUT2D eigenvalue weighted by molar-refractivity contribution is 0.0988. The van der Waals surface area contributed by atoms with E-state index in [0.717, 1.165) is 45.3 Å². The minimum Gasteiger partial charge on any atom is -0.338 e. The number of carbonyl (C=O) groups excluding carboxylic acids is 1. The molecule has 0 unspecified atom stereocenters. The molecule has 5 nitrogen and oxygen atoms in total. The number of para-hydroxylation sites is 1. The number of nitrogens with zero attached hydrogens (tertiary/aromatic N) is 3. The summed E-state index contributed by atoms with van der Waals surface area (Å²) in [6.45, 7) is 3.94. The van der Waals surface area contributed by atoms with E-state index in [1.807, 2.05) is 49.5 Å². The van der Waals surface area contributed by atoms with Crippen LogP contribution in [0.4, 0.5) is 11.5 Å². The van der Waals surface area contributed by atoms with E-state index in [0.29, 0.717) is 23.7 Å². The Morgan fingerprint density at radius 2 is 1.93 bits per heavy atom. The topological polar surface area (TPSA) is 67.8 Å². The second-order valence-electron chi connectivity index (χ2n) is 8.11. The molecule has 0 radical (unpaired) electrons. The Labute approximate surface area is 175 Å². The van der Waals surface area contributed by atoms with Crippen molar-refractivity contribution in [2.45, 2.75) is 39.5 Å². The zero-order chi connectivity index (χ0) is 20.7. The average molecular weight is 396 g/mol. The van der Waals surface area contributed by atoms with E-state index < -0.39 is 0 Å². The average Bonchev–Trinajstić information content (AvgIpc) is 3.58. The summed E-state index contributed by atoms with van der Waals surface area (Å²) in [4.78, 5) is 26.7. The molecule has 0 saturated heterocycles. The first-order chi connectivity index (χ1) is 14.6. The van der Waals surface area contributed by atoms with Crippen molar-refractivity contribution in [3.63, 3.8) is 0 Å². The third kappa shape index (κ3) is 3.52. The van der Waals surface area contributed by atoms with Gasteiger partial charge in [-0.2, -0.15) is 0 Å². The molecule has 30 heavy (non-hydrogen) atoms. The molecule has 2 aromatic carbocycles. The van der Waals surface area contributed by atoms with Gasteiger partial charge in [0.1, 0.15) is 11.3 Å². The molecule has 0 amide bonds. The lowest BCUT2D eigenvalue weighted by Crippen LogP contribution is -2.03. The molecule has 2 aromatic heterocycles. The summed E-state index contributed by atoms with van der Waals surface area (Å²) in [7, 11) is 0. The van der Waals surface area contributed by atoms with Gasteiger partial charge in [-0.25, -0.2) is 15.0 Å². The molecule has 5 heteroatoms. The van der Waals surface area contributed by atoms with Gasteiger partial charge < -0.3 is 5.32 Å². The molecule has 0 bridgehead atoms. The monoisotopic (exact) mass is 396 g/mol. The van der Waals surface area contributed by atoms with E-state index in [1.165, 1.54) is 12.8 Å². The van der Waals surface area contributed by atoms with Crippen LogP contribution in [-0.2, 0) is 6.42 Å². The number of anilines is 2. The molecule has 1 saturated carbocycles. The van der Waals surface area contributed by atoms with Crippen molar-refractivity contribution in [3.8, 4) is 0 Å². The van der Waals surface area contributed by atoms with Gasteiger partial charge in [-0.1, -0.05) is 37.3 Å². The maximum absolute atomic E-state index is 12.2. The molecule has 2 heterocycles. The van der Waals surface area contributed by atoms with Crippen LogP contribution in [0.2, 0.25) is 0 Å². The van der Waals surface area contributed by atoms with Crippen LogP contribution in [0.5, 0.6) is 0 Å². The van der Waals surface area contributed by atoms with Crippen LogP contribution in [0.25, 0.3) is 21.8 Å². The first-order valence-corrected chi connectivity index (χ1v) is 10.6. The van der Waals surface area contributed by atoms with Gasteiger partial charge in [0.15, 0.2) is 11.6 Å². The molecule has 150 valence electrons. The number of hydrogen-bond donors (Lipinski definition) is 1. The molecule has 0 aliphatic heterocycles. The van der Waals surface area contributed by atoms with Crippen molar-refractivity contribution in [3.05, 3.63) is 65.6 Å². The molecular formula is C25H24N4O. The number of nitrogens with one attached hydrogen (secondary N) is 1.